The highest BCUT2D eigenvalue weighted by molar-refractivity contribution is 5.85. The van der Waals surface area contributed by atoms with Crippen LogP contribution in [-0.2, 0) is 0 Å². The number of hydrogen-bond donors (Lipinski definition) is 1. The quantitative estimate of drug-likeness (QED) is 0.735. The van der Waals surface area contributed by atoms with E-state index in [2.05, 4.69) is 46.4 Å². The van der Waals surface area contributed by atoms with Crippen molar-refractivity contribution in [1.82, 2.24) is 10.2 Å². The van der Waals surface area contributed by atoms with E-state index in [1.165, 1.54) is 23.3 Å². The number of nitrogens with zero attached hydrogens (tertiary/aromatic N) is 2. The minimum absolute atomic E-state index is 1.06. The third-order valence-corrected chi connectivity index (χ3v) is 2.41. The lowest BCUT2D eigenvalue weighted by atomic mass is 10.3. The molecule has 3 nitrogen and oxygen atoms in total. The second kappa shape index (κ2) is 8.23. The Morgan fingerprint density at radius 1 is 1.11 bits per heavy atom. The first-order valence-electron chi connectivity index (χ1n) is 6.14. The second-order valence-corrected chi connectivity index (χ2v) is 4.37. The van der Waals surface area contributed by atoms with E-state index >= 15 is 0 Å². The number of allylic oxidation sites excluding steroid dienone is 5. The van der Waals surface area contributed by atoms with Crippen LogP contribution in [0.25, 0.3) is 0 Å². The van der Waals surface area contributed by atoms with Gasteiger partial charge in [-0.3, -0.25) is 10.1 Å². The van der Waals surface area contributed by atoms with Gasteiger partial charge in [0.2, 0.25) is 0 Å². The Morgan fingerprint density at radius 3 is 2.11 bits per heavy atom. The van der Waals surface area contributed by atoms with Crippen LogP contribution in [0.4, 0.5) is 0 Å². The number of hydrogen-bond acceptors (Lipinski definition) is 2. The van der Waals surface area contributed by atoms with Crippen LogP contribution in [0.3, 0.4) is 0 Å². The molecule has 96 valence electrons. The van der Waals surface area contributed by atoms with Crippen molar-refractivity contribution in [2.75, 3.05) is 0 Å². The minimum Gasteiger partial charge on any atom is -0.285 e. The second-order valence-electron chi connectivity index (χ2n) is 4.37. The molecule has 3 rings (SSSR count). The smallest absolute Gasteiger partial charge is 0.0516 e. The van der Waals surface area contributed by atoms with E-state index in [0.29, 0.717) is 0 Å². The van der Waals surface area contributed by atoms with Gasteiger partial charge < -0.3 is 0 Å². The zero-order valence-corrected chi connectivity index (χ0v) is 11.4. The van der Waals surface area contributed by atoms with Crippen LogP contribution in [0.1, 0.15) is 32.3 Å². The summed E-state index contributed by atoms with van der Waals surface area (Å²) in [6.07, 6.45) is 16.1. The summed E-state index contributed by atoms with van der Waals surface area (Å²) >= 11 is 0. The average Bonchev–Trinajstić information content (AvgIpc) is 3.05. The fourth-order valence-electron chi connectivity index (χ4n) is 1.33. The van der Waals surface area contributed by atoms with Crippen LogP contribution in [0.15, 0.2) is 53.5 Å². The molecule has 0 spiro atoms. The highest BCUT2D eigenvalue weighted by Gasteiger charge is 1.88. The van der Waals surface area contributed by atoms with Crippen molar-refractivity contribution in [2.24, 2.45) is 4.99 Å². The Kier molecular flexibility index (Phi) is 6.47. The van der Waals surface area contributed by atoms with Crippen LogP contribution in [0, 0.1) is 6.92 Å². The number of aromatic amines is 1. The highest BCUT2D eigenvalue weighted by atomic mass is 15.1. The standard InChI is InChI=1S/C6H8.C5H7N.C4H6N2/c1-6-4-2-3-5-6;1-5-3-2-4-6-5;1-4-2-5-6-3-4/h2-4H,5H2,1H3;2,4H,3H2,1H3;2-3H,1H3,(H,5,6). The van der Waals surface area contributed by atoms with E-state index < -0.39 is 0 Å². The maximum atomic E-state index is 3.97. The van der Waals surface area contributed by atoms with Gasteiger partial charge in [-0.05, 0) is 32.8 Å². The molecule has 0 radical (unpaired) electrons. The fourth-order valence-corrected chi connectivity index (χ4v) is 1.33. The van der Waals surface area contributed by atoms with Gasteiger partial charge in [-0.1, -0.05) is 29.9 Å². The van der Waals surface area contributed by atoms with Crippen LogP contribution >= 0.6 is 0 Å². The SMILES string of the molecule is CC1=CC=CC1.CC1=NC=CC1.Cc1cn[nH]c1. The fraction of sp³-hybridized carbons (Fsp3) is 0.333. The van der Waals surface area contributed by atoms with Crippen molar-refractivity contribution in [1.29, 1.82) is 0 Å². The number of nitrogens with one attached hydrogen (secondary N) is 1. The maximum absolute atomic E-state index is 3.97. The van der Waals surface area contributed by atoms with E-state index in [4.69, 9.17) is 0 Å². The lowest BCUT2D eigenvalue weighted by molar-refractivity contribution is 1.09. The molecular formula is C15H21N3. The van der Waals surface area contributed by atoms with Crippen LogP contribution in [0.2, 0.25) is 0 Å². The number of aromatic nitrogens is 2. The summed E-state index contributed by atoms with van der Waals surface area (Å²) in [6.45, 7) is 6.16. The average molecular weight is 243 g/mol. The van der Waals surface area contributed by atoms with Crippen LogP contribution in [-0.4, -0.2) is 15.9 Å². The Labute approximate surface area is 109 Å². The molecule has 0 bridgehead atoms. The van der Waals surface area contributed by atoms with Crippen molar-refractivity contribution in [3.63, 3.8) is 0 Å². The Hall–Kier alpha value is -1.90. The summed E-state index contributed by atoms with van der Waals surface area (Å²) in [5.74, 6) is 0. The minimum atomic E-state index is 1.06. The van der Waals surface area contributed by atoms with E-state index in [-0.39, 0.29) is 0 Å². The zero-order chi connectivity index (χ0) is 13.2. The highest BCUT2D eigenvalue weighted by Crippen LogP contribution is 2.06. The summed E-state index contributed by atoms with van der Waals surface area (Å²) in [5.41, 5.74) is 3.86. The van der Waals surface area contributed by atoms with Gasteiger partial charge in [0.05, 0.1) is 6.20 Å². The monoisotopic (exact) mass is 243 g/mol. The van der Waals surface area contributed by atoms with E-state index in [1.54, 1.807) is 6.20 Å². The van der Waals surface area contributed by atoms with Crippen molar-refractivity contribution < 1.29 is 0 Å². The first kappa shape index (κ1) is 14.2. The predicted octanol–water partition coefficient (Wildman–Crippen LogP) is 3.98. The van der Waals surface area contributed by atoms with Gasteiger partial charge in [-0.15, -0.1) is 0 Å². The third-order valence-electron chi connectivity index (χ3n) is 2.41. The lowest BCUT2D eigenvalue weighted by Gasteiger charge is -1.78. The van der Waals surface area contributed by atoms with E-state index in [0.717, 1.165) is 6.42 Å². The number of aryl methyl sites for hydroxylation is 1. The normalized spacial score (nSPS) is 15.3. The van der Waals surface area contributed by atoms with E-state index in [9.17, 15) is 0 Å². The molecule has 1 aliphatic heterocycles. The number of rotatable bonds is 0. The first-order chi connectivity index (χ1) is 8.68. The number of aliphatic imine (C=N–C) groups is 1. The Bertz CT molecular complexity index is 420. The molecule has 0 amide bonds. The van der Waals surface area contributed by atoms with Gasteiger partial charge >= 0.3 is 0 Å². The molecule has 0 unspecified atom stereocenters. The van der Waals surface area contributed by atoms with Crippen LogP contribution in [0.5, 0.6) is 0 Å². The van der Waals surface area contributed by atoms with Crippen molar-refractivity contribution in [3.8, 4) is 0 Å². The lowest BCUT2D eigenvalue weighted by Crippen LogP contribution is -1.78. The summed E-state index contributed by atoms with van der Waals surface area (Å²) in [4.78, 5) is 3.97. The van der Waals surface area contributed by atoms with Gasteiger partial charge in [0.1, 0.15) is 0 Å². The van der Waals surface area contributed by atoms with Crippen molar-refractivity contribution in [2.45, 2.75) is 33.6 Å². The van der Waals surface area contributed by atoms with Gasteiger partial charge in [0.15, 0.2) is 0 Å². The molecule has 0 fully saturated rings. The molecule has 1 N–H and O–H groups in total. The molecule has 18 heavy (non-hydrogen) atoms. The largest absolute Gasteiger partial charge is 0.285 e. The van der Waals surface area contributed by atoms with Gasteiger partial charge in [0.25, 0.3) is 0 Å². The molecular weight excluding hydrogens is 222 g/mol. The summed E-state index contributed by atoms with van der Waals surface area (Å²) < 4.78 is 0. The molecule has 0 aromatic carbocycles. The van der Waals surface area contributed by atoms with Crippen molar-refractivity contribution in [3.05, 3.63) is 54.0 Å². The summed E-state index contributed by atoms with van der Waals surface area (Å²) in [5, 5.41) is 6.38. The van der Waals surface area contributed by atoms with Crippen LogP contribution < -0.4 is 0 Å². The first-order valence-corrected chi connectivity index (χ1v) is 6.14. The summed E-state index contributed by atoms with van der Waals surface area (Å²) in [6, 6.07) is 0. The molecule has 1 aromatic rings. The molecule has 1 aromatic heterocycles. The Balaban J connectivity index is 0.000000135. The van der Waals surface area contributed by atoms with Gasteiger partial charge in [-0.2, -0.15) is 5.10 Å². The molecule has 0 atom stereocenters. The molecule has 1 aliphatic carbocycles. The van der Waals surface area contributed by atoms with Gasteiger partial charge in [0, 0.05) is 24.5 Å². The molecule has 2 heterocycles. The topological polar surface area (TPSA) is 41.0 Å². The summed E-state index contributed by atoms with van der Waals surface area (Å²) in [7, 11) is 0. The maximum Gasteiger partial charge on any atom is 0.0516 e. The zero-order valence-electron chi connectivity index (χ0n) is 11.4. The number of H-pyrrole nitrogens is 1. The molecule has 3 heteroatoms. The predicted molar refractivity (Wildman–Crippen MR) is 77.7 cm³/mol. The van der Waals surface area contributed by atoms with E-state index in [1.807, 2.05) is 26.2 Å². The molecule has 0 saturated heterocycles. The van der Waals surface area contributed by atoms with Crippen molar-refractivity contribution >= 4 is 5.71 Å². The molecule has 0 saturated carbocycles. The Morgan fingerprint density at radius 2 is 1.94 bits per heavy atom. The molecule has 2 aliphatic rings. The third kappa shape index (κ3) is 6.63. The van der Waals surface area contributed by atoms with Gasteiger partial charge in [-0.25, -0.2) is 0 Å².